The van der Waals surface area contributed by atoms with E-state index in [0.29, 0.717) is 6.07 Å². The fraction of sp³-hybridized carbons (Fsp3) is 0.222. The molecule has 1 N–H and O–H groups in total. The van der Waals surface area contributed by atoms with Crippen molar-refractivity contribution in [2.75, 3.05) is 5.32 Å². The third-order valence-corrected chi connectivity index (χ3v) is 4.63. The third kappa shape index (κ3) is 4.51. The number of anilines is 1. The quantitative estimate of drug-likeness (QED) is 0.324. The molecule has 172 valence electrons. The molecule has 0 saturated heterocycles. The van der Waals surface area contributed by atoms with Crippen molar-refractivity contribution in [3.8, 4) is 5.95 Å². The first-order chi connectivity index (χ1) is 15.4. The number of hydrogen-bond donors (Lipinski definition) is 1. The van der Waals surface area contributed by atoms with Crippen LogP contribution in [0.4, 0.5) is 32.2 Å². The molecular weight excluding hydrogens is 478 g/mol. The minimum absolute atomic E-state index is 0.0117. The molecule has 1 unspecified atom stereocenters. The second-order valence-electron chi connectivity index (χ2n) is 6.70. The number of benzene rings is 1. The summed E-state index contributed by atoms with van der Waals surface area (Å²) in [5.74, 6) is 0.0210. The van der Waals surface area contributed by atoms with E-state index in [0.717, 1.165) is 0 Å². The number of aromatic nitrogens is 7. The second kappa shape index (κ2) is 8.10. The highest BCUT2D eigenvalue weighted by atomic mass is 35.5. The van der Waals surface area contributed by atoms with Crippen molar-refractivity contribution in [2.45, 2.75) is 25.3 Å². The van der Waals surface area contributed by atoms with Crippen LogP contribution in [0.5, 0.6) is 0 Å². The smallest absolute Gasteiger partial charge is 0.360 e. The molecule has 3 heterocycles. The molecule has 1 aromatic carbocycles. The van der Waals surface area contributed by atoms with E-state index >= 15 is 0 Å². The number of nitrogens with one attached hydrogen (secondary N) is 1. The molecule has 0 amide bonds. The Hall–Kier alpha value is -3.55. The molecule has 0 saturated carbocycles. The van der Waals surface area contributed by atoms with Crippen LogP contribution in [0.25, 0.3) is 16.9 Å². The van der Waals surface area contributed by atoms with E-state index in [2.05, 4.69) is 35.3 Å². The normalized spacial score (nSPS) is 13.3. The largest absolute Gasteiger partial charge is 0.418 e. The summed E-state index contributed by atoms with van der Waals surface area (Å²) < 4.78 is 81.9. The lowest BCUT2D eigenvalue weighted by molar-refractivity contribution is -0.142. The van der Waals surface area contributed by atoms with Crippen molar-refractivity contribution in [1.29, 1.82) is 0 Å². The molecule has 0 aliphatic rings. The molecule has 0 aliphatic heterocycles. The van der Waals surface area contributed by atoms with Gasteiger partial charge in [0.2, 0.25) is 5.28 Å². The van der Waals surface area contributed by atoms with Gasteiger partial charge in [0.05, 0.1) is 22.7 Å². The number of nitrogens with zero attached hydrogens (tertiary/aromatic N) is 7. The highest BCUT2D eigenvalue weighted by Gasteiger charge is 2.39. The molecule has 0 radical (unpaired) electrons. The Labute approximate surface area is 185 Å². The van der Waals surface area contributed by atoms with Crippen LogP contribution in [0.3, 0.4) is 0 Å². The van der Waals surface area contributed by atoms with E-state index in [1.165, 1.54) is 23.4 Å². The lowest BCUT2D eigenvalue weighted by Gasteiger charge is -2.19. The lowest BCUT2D eigenvalue weighted by atomic mass is 10.0. The van der Waals surface area contributed by atoms with Gasteiger partial charge in [-0.15, -0.1) is 0 Å². The summed E-state index contributed by atoms with van der Waals surface area (Å²) in [6, 6.07) is 1.28. The number of alkyl halides is 6. The van der Waals surface area contributed by atoms with E-state index < -0.39 is 45.7 Å². The van der Waals surface area contributed by atoms with Crippen molar-refractivity contribution in [2.24, 2.45) is 0 Å². The van der Waals surface area contributed by atoms with Gasteiger partial charge in [-0.05, 0) is 36.7 Å². The van der Waals surface area contributed by atoms with Crippen LogP contribution in [-0.4, -0.2) is 34.7 Å². The molecule has 0 spiro atoms. The van der Waals surface area contributed by atoms with Crippen LogP contribution >= 0.6 is 11.6 Å². The van der Waals surface area contributed by atoms with Crippen LogP contribution in [-0.2, 0) is 12.4 Å². The van der Waals surface area contributed by atoms with Gasteiger partial charge in [0.15, 0.2) is 5.82 Å². The Balaban J connectivity index is 1.84. The molecule has 33 heavy (non-hydrogen) atoms. The van der Waals surface area contributed by atoms with E-state index in [9.17, 15) is 26.3 Å². The van der Waals surface area contributed by atoms with Gasteiger partial charge in [0, 0.05) is 17.8 Å². The van der Waals surface area contributed by atoms with Gasteiger partial charge in [0.25, 0.3) is 5.95 Å². The molecule has 0 fully saturated rings. The van der Waals surface area contributed by atoms with Crippen LogP contribution < -0.4 is 5.32 Å². The molecule has 15 heteroatoms. The van der Waals surface area contributed by atoms with Crippen LogP contribution in [0, 0.1) is 0 Å². The van der Waals surface area contributed by atoms with Crippen molar-refractivity contribution in [1.82, 2.24) is 34.7 Å². The fourth-order valence-electron chi connectivity index (χ4n) is 3.06. The minimum Gasteiger partial charge on any atom is -0.360 e. The zero-order valence-corrected chi connectivity index (χ0v) is 17.1. The van der Waals surface area contributed by atoms with Gasteiger partial charge in [0.1, 0.15) is 12.1 Å². The second-order valence-corrected chi connectivity index (χ2v) is 7.04. The third-order valence-electron chi connectivity index (χ3n) is 4.46. The maximum atomic E-state index is 13.5. The summed E-state index contributed by atoms with van der Waals surface area (Å²) in [4.78, 5) is 19.5. The van der Waals surface area contributed by atoms with Crippen LogP contribution in [0.1, 0.15) is 29.9 Å². The monoisotopic (exact) mass is 488 g/mol. The standard InChI is InChI=1S/C18H11ClF6N8/c1-8(14-28-7-29-33(14)16-26-3-2-4-27-16)30-13-10-5-9(17(20,21)22)6-11(18(23,24)25)12(10)31-15(19)32-13/h2-8H,1H3,(H,30,31,32). The van der Waals surface area contributed by atoms with Crippen molar-refractivity contribution in [3.05, 3.63) is 59.2 Å². The van der Waals surface area contributed by atoms with E-state index in [-0.39, 0.29) is 23.7 Å². The highest BCUT2D eigenvalue weighted by molar-refractivity contribution is 6.28. The van der Waals surface area contributed by atoms with Gasteiger partial charge in [-0.1, -0.05) is 0 Å². The first-order valence-electron chi connectivity index (χ1n) is 9.04. The first-order valence-corrected chi connectivity index (χ1v) is 9.42. The van der Waals surface area contributed by atoms with Crippen LogP contribution in [0.15, 0.2) is 36.9 Å². The Morgan fingerprint density at radius 3 is 2.30 bits per heavy atom. The summed E-state index contributed by atoms with van der Waals surface area (Å²) in [6.07, 6.45) is -6.05. The summed E-state index contributed by atoms with van der Waals surface area (Å²) in [7, 11) is 0. The molecule has 3 aromatic heterocycles. The average molecular weight is 489 g/mol. The number of rotatable bonds is 4. The summed E-state index contributed by atoms with van der Waals surface area (Å²) in [6.45, 7) is 1.55. The van der Waals surface area contributed by atoms with E-state index in [4.69, 9.17) is 11.6 Å². The van der Waals surface area contributed by atoms with Crippen molar-refractivity contribution >= 4 is 28.3 Å². The van der Waals surface area contributed by atoms with Gasteiger partial charge in [-0.3, -0.25) is 0 Å². The molecule has 4 rings (SSSR count). The molecule has 1 atom stereocenters. The fourth-order valence-corrected chi connectivity index (χ4v) is 3.23. The highest BCUT2D eigenvalue weighted by Crippen LogP contribution is 2.41. The van der Waals surface area contributed by atoms with Gasteiger partial charge in [-0.2, -0.15) is 36.1 Å². The summed E-state index contributed by atoms with van der Waals surface area (Å²) in [5.41, 5.74) is -3.88. The average Bonchev–Trinajstić information content (AvgIpc) is 3.22. The maximum Gasteiger partial charge on any atom is 0.418 e. The zero-order chi connectivity index (χ0) is 24.0. The first kappa shape index (κ1) is 22.6. The topological polar surface area (TPSA) is 94.3 Å². The summed E-state index contributed by atoms with van der Waals surface area (Å²) in [5, 5.41) is 5.65. The van der Waals surface area contributed by atoms with E-state index in [1.54, 1.807) is 13.0 Å². The van der Waals surface area contributed by atoms with Crippen LogP contribution in [0.2, 0.25) is 5.28 Å². The number of halogens is 7. The molecule has 4 aromatic rings. The minimum atomic E-state index is -5.12. The maximum absolute atomic E-state index is 13.5. The van der Waals surface area contributed by atoms with Crippen molar-refractivity contribution < 1.29 is 26.3 Å². The number of fused-ring (bicyclic) bond motifs is 1. The van der Waals surface area contributed by atoms with Gasteiger partial charge >= 0.3 is 12.4 Å². The molecule has 8 nitrogen and oxygen atoms in total. The molecule has 0 aliphatic carbocycles. The molecular formula is C18H11ClF6N8. The molecule has 0 bridgehead atoms. The lowest BCUT2D eigenvalue weighted by Crippen LogP contribution is -2.17. The number of hydrogen-bond acceptors (Lipinski definition) is 7. The zero-order valence-electron chi connectivity index (χ0n) is 16.3. The Kier molecular flexibility index (Phi) is 5.56. The van der Waals surface area contributed by atoms with Gasteiger partial charge in [-0.25, -0.2) is 24.9 Å². The SMILES string of the molecule is CC(Nc1nc(Cl)nc2c(C(F)(F)F)cc(C(F)(F)F)cc12)c1ncnn1-c1ncccn1. The van der Waals surface area contributed by atoms with Gasteiger partial charge < -0.3 is 5.32 Å². The van der Waals surface area contributed by atoms with Crippen molar-refractivity contribution in [3.63, 3.8) is 0 Å². The predicted molar refractivity (Wildman–Crippen MR) is 104 cm³/mol. The Morgan fingerprint density at radius 2 is 1.67 bits per heavy atom. The Morgan fingerprint density at radius 1 is 0.970 bits per heavy atom. The Bertz CT molecular complexity index is 1310. The summed E-state index contributed by atoms with van der Waals surface area (Å²) >= 11 is 5.81. The predicted octanol–water partition coefficient (Wildman–Crippen LogP) is 4.86. The van der Waals surface area contributed by atoms with E-state index in [1.807, 2.05) is 0 Å².